The topological polar surface area (TPSA) is 56.7 Å². The van der Waals surface area contributed by atoms with Crippen LogP contribution in [0.2, 0.25) is 0 Å². The van der Waals surface area contributed by atoms with Gasteiger partial charge in [-0.1, -0.05) is 20.8 Å². The average molecular weight is 290 g/mol. The number of aromatic nitrogens is 3. The molecule has 0 radical (unpaired) electrons. The van der Waals surface area contributed by atoms with Crippen molar-refractivity contribution in [1.29, 1.82) is 0 Å². The Kier molecular flexibility index (Phi) is 3.21. The molecule has 20 heavy (non-hydrogen) atoms. The van der Waals surface area contributed by atoms with Crippen LogP contribution < -0.4 is 5.73 Å². The quantitative estimate of drug-likeness (QED) is 0.877. The van der Waals surface area contributed by atoms with Crippen LogP contribution in [-0.2, 0) is 18.9 Å². The number of rotatable bonds is 1. The van der Waals surface area contributed by atoms with Gasteiger partial charge in [0, 0.05) is 29.6 Å². The lowest BCUT2D eigenvalue weighted by molar-refractivity contribution is 0.554. The first kappa shape index (κ1) is 13.8. The van der Waals surface area contributed by atoms with E-state index in [9.17, 15) is 0 Å². The van der Waals surface area contributed by atoms with Gasteiger partial charge in [-0.25, -0.2) is 4.98 Å². The first-order chi connectivity index (χ1) is 9.36. The van der Waals surface area contributed by atoms with Crippen LogP contribution in [0.3, 0.4) is 0 Å². The predicted molar refractivity (Wildman–Crippen MR) is 82.9 cm³/mol. The summed E-state index contributed by atoms with van der Waals surface area (Å²) in [5.74, 6) is 0. The maximum absolute atomic E-state index is 6.22. The van der Waals surface area contributed by atoms with E-state index in [4.69, 9.17) is 10.7 Å². The summed E-state index contributed by atoms with van der Waals surface area (Å²) in [7, 11) is 1.97. The minimum atomic E-state index is 0.0187. The highest BCUT2D eigenvalue weighted by Crippen LogP contribution is 2.39. The predicted octanol–water partition coefficient (Wildman–Crippen LogP) is 3.18. The van der Waals surface area contributed by atoms with Crippen molar-refractivity contribution in [1.82, 2.24) is 14.8 Å². The second-order valence-corrected chi connectivity index (χ2v) is 7.67. The molecule has 0 saturated carbocycles. The van der Waals surface area contributed by atoms with Gasteiger partial charge in [0.05, 0.1) is 17.0 Å². The zero-order chi connectivity index (χ0) is 14.5. The highest BCUT2D eigenvalue weighted by atomic mass is 32.1. The number of fused-ring (bicyclic) bond motifs is 1. The summed E-state index contributed by atoms with van der Waals surface area (Å²) >= 11 is 1.75. The summed E-state index contributed by atoms with van der Waals surface area (Å²) in [5.41, 5.74) is 9.71. The van der Waals surface area contributed by atoms with Gasteiger partial charge in [0.25, 0.3) is 0 Å². The fourth-order valence-corrected chi connectivity index (χ4v) is 3.93. The molecule has 0 amide bonds. The monoisotopic (exact) mass is 290 g/mol. The molecule has 1 aliphatic rings. The van der Waals surface area contributed by atoms with Crippen molar-refractivity contribution < 1.29 is 0 Å². The van der Waals surface area contributed by atoms with Gasteiger partial charge in [0.2, 0.25) is 0 Å². The van der Waals surface area contributed by atoms with E-state index < -0.39 is 0 Å². The Balaban J connectivity index is 2.10. The van der Waals surface area contributed by atoms with Gasteiger partial charge in [-0.2, -0.15) is 5.10 Å². The molecular formula is C15H22N4S. The standard InChI is InChI=1S/C15H22N4S/c1-15(2,3)13-9(8-19(4)18-13)14-17-11-7-5-6-10(16)12(11)20-14/h8,10H,5-7,16H2,1-4H3. The Hall–Kier alpha value is -1.20. The van der Waals surface area contributed by atoms with Crippen LogP contribution in [0.4, 0.5) is 0 Å². The van der Waals surface area contributed by atoms with Gasteiger partial charge < -0.3 is 5.73 Å². The second-order valence-electron chi connectivity index (χ2n) is 6.64. The smallest absolute Gasteiger partial charge is 0.127 e. The molecule has 1 atom stereocenters. The van der Waals surface area contributed by atoms with Crippen LogP contribution >= 0.6 is 11.3 Å². The molecule has 1 unspecified atom stereocenters. The molecule has 3 rings (SSSR count). The van der Waals surface area contributed by atoms with Crippen LogP contribution in [0, 0.1) is 0 Å². The number of thiazole rings is 1. The molecule has 2 heterocycles. The van der Waals surface area contributed by atoms with Crippen molar-refractivity contribution in [3.05, 3.63) is 22.5 Å². The molecule has 2 aromatic heterocycles. The van der Waals surface area contributed by atoms with Gasteiger partial charge in [-0.05, 0) is 19.3 Å². The molecule has 4 nitrogen and oxygen atoms in total. The molecule has 0 bridgehead atoms. The summed E-state index contributed by atoms with van der Waals surface area (Å²) in [6.45, 7) is 6.58. The van der Waals surface area contributed by atoms with Crippen molar-refractivity contribution in [3.63, 3.8) is 0 Å². The highest BCUT2D eigenvalue weighted by Gasteiger charge is 2.27. The van der Waals surface area contributed by atoms with Gasteiger partial charge in [-0.15, -0.1) is 11.3 Å². The van der Waals surface area contributed by atoms with Crippen LogP contribution in [-0.4, -0.2) is 14.8 Å². The third kappa shape index (κ3) is 2.29. The zero-order valence-corrected chi connectivity index (χ0v) is 13.4. The SMILES string of the molecule is Cn1cc(-c2nc3c(s2)C(N)CCC3)c(C(C)(C)C)n1. The molecule has 2 aromatic rings. The molecule has 0 saturated heterocycles. The number of nitrogens with zero attached hydrogens (tertiary/aromatic N) is 3. The summed E-state index contributed by atoms with van der Waals surface area (Å²) in [5, 5.41) is 5.71. The summed E-state index contributed by atoms with van der Waals surface area (Å²) in [6, 6.07) is 0.166. The van der Waals surface area contributed by atoms with Crippen LogP contribution in [0.1, 0.15) is 55.9 Å². The van der Waals surface area contributed by atoms with Crippen molar-refractivity contribution in [2.45, 2.75) is 51.5 Å². The Bertz CT molecular complexity index is 633. The normalized spacial score (nSPS) is 19.1. The summed E-state index contributed by atoms with van der Waals surface area (Å²) in [6.07, 6.45) is 5.37. The minimum Gasteiger partial charge on any atom is -0.323 e. The Morgan fingerprint density at radius 1 is 1.40 bits per heavy atom. The van der Waals surface area contributed by atoms with Gasteiger partial charge in [0.15, 0.2) is 0 Å². The van der Waals surface area contributed by atoms with Crippen molar-refractivity contribution in [3.8, 4) is 10.6 Å². The lowest BCUT2D eigenvalue weighted by Crippen LogP contribution is -2.15. The molecule has 2 N–H and O–H groups in total. The second kappa shape index (κ2) is 4.67. The lowest BCUT2D eigenvalue weighted by atomic mass is 9.90. The molecule has 0 fully saturated rings. The van der Waals surface area contributed by atoms with Crippen LogP contribution in [0.15, 0.2) is 6.20 Å². The van der Waals surface area contributed by atoms with Gasteiger partial charge in [0.1, 0.15) is 5.01 Å². The van der Waals surface area contributed by atoms with Crippen molar-refractivity contribution in [2.75, 3.05) is 0 Å². The van der Waals surface area contributed by atoms with E-state index >= 15 is 0 Å². The van der Waals surface area contributed by atoms with E-state index in [0.29, 0.717) is 0 Å². The fourth-order valence-electron chi connectivity index (χ4n) is 2.77. The van der Waals surface area contributed by atoms with E-state index in [2.05, 4.69) is 32.1 Å². The van der Waals surface area contributed by atoms with Gasteiger partial charge >= 0.3 is 0 Å². The molecule has 0 aromatic carbocycles. The third-order valence-corrected chi connectivity index (χ3v) is 5.03. The number of hydrogen-bond donors (Lipinski definition) is 1. The van der Waals surface area contributed by atoms with Crippen molar-refractivity contribution in [2.24, 2.45) is 12.8 Å². The first-order valence-corrected chi connectivity index (χ1v) is 7.97. The molecular weight excluding hydrogens is 268 g/mol. The van der Waals surface area contributed by atoms with E-state index in [0.717, 1.165) is 35.5 Å². The number of nitrogens with two attached hydrogens (primary N) is 1. The number of hydrogen-bond acceptors (Lipinski definition) is 4. The Morgan fingerprint density at radius 3 is 2.80 bits per heavy atom. The van der Waals surface area contributed by atoms with Crippen LogP contribution in [0.5, 0.6) is 0 Å². The zero-order valence-electron chi connectivity index (χ0n) is 12.6. The summed E-state index contributed by atoms with van der Waals surface area (Å²) in [4.78, 5) is 6.12. The van der Waals surface area contributed by atoms with E-state index in [1.165, 1.54) is 10.6 Å². The third-order valence-electron chi connectivity index (χ3n) is 3.76. The van der Waals surface area contributed by atoms with E-state index in [1.54, 1.807) is 11.3 Å². The molecule has 0 aliphatic heterocycles. The highest BCUT2D eigenvalue weighted by molar-refractivity contribution is 7.15. The van der Waals surface area contributed by atoms with E-state index in [-0.39, 0.29) is 11.5 Å². The molecule has 1 aliphatic carbocycles. The lowest BCUT2D eigenvalue weighted by Gasteiger charge is -2.16. The van der Waals surface area contributed by atoms with Crippen molar-refractivity contribution >= 4 is 11.3 Å². The first-order valence-electron chi connectivity index (χ1n) is 7.16. The Labute approximate surface area is 124 Å². The van der Waals surface area contributed by atoms with E-state index in [1.807, 2.05) is 11.7 Å². The van der Waals surface area contributed by atoms with Crippen LogP contribution in [0.25, 0.3) is 10.6 Å². The Morgan fingerprint density at radius 2 is 2.15 bits per heavy atom. The molecule has 108 valence electrons. The minimum absolute atomic E-state index is 0.0187. The maximum Gasteiger partial charge on any atom is 0.127 e. The number of aryl methyl sites for hydroxylation is 2. The maximum atomic E-state index is 6.22. The average Bonchev–Trinajstić information content (AvgIpc) is 2.92. The summed E-state index contributed by atoms with van der Waals surface area (Å²) < 4.78 is 1.89. The molecule has 5 heteroatoms. The molecule has 0 spiro atoms. The largest absolute Gasteiger partial charge is 0.323 e. The fraction of sp³-hybridized carbons (Fsp3) is 0.600. The van der Waals surface area contributed by atoms with Gasteiger partial charge in [-0.3, -0.25) is 4.68 Å².